The first-order chi connectivity index (χ1) is 8.72. The first-order valence-corrected chi connectivity index (χ1v) is 7.11. The van der Waals surface area contributed by atoms with E-state index in [0.29, 0.717) is 11.1 Å². The molecule has 1 unspecified atom stereocenters. The standard InChI is InChI=1S/C15H24ClNO/c1-4-5-6-7-8-14(17-2)12-9-10-13(16)15(11-12)18-3/h9-11,14,17H,4-8H2,1-3H3. The lowest BCUT2D eigenvalue weighted by atomic mass is 10.00. The second-order valence-corrected chi connectivity index (χ2v) is 4.99. The van der Waals surface area contributed by atoms with Crippen LogP contribution in [0.25, 0.3) is 0 Å². The van der Waals surface area contributed by atoms with Gasteiger partial charge in [0.25, 0.3) is 0 Å². The molecule has 2 nitrogen and oxygen atoms in total. The van der Waals surface area contributed by atoms with E-state index in [-0.39, 0.29) is 0 Å². The molecule has 102 valence electrons. The van der Waals surface area contributed by atoms with Crippen molar-refractivity contribution >= 4 is 11.6 Å². The number of unbranched alkanes of at least 4 members (excludes halogenated alkanes) is 3. The van der Waals surface area contributed by atoms with Crippen molar-refractivity contribution in [1.29, 1.82) is 0 Å². The third-order valence-corrected chi connectivity index (χ3v) is 3.58. The Kier molecular flexibility index (Phi) is 7.14. The molecular formula is C15H24ClNO. The lowest BCUT2D eigenvalue weighted by Gasteiger charge is -2.17. The fourth-order valence-corrected chi connectivity index (χ4v) is 2.34. The van der Waals surface area contributed by atoms with E-state index in [1.165, 1.54) is 31.2 Å². The molecule has 0 radical (unpaired) electrons. The number of halogens is 1. The minimum Gasteiger partial charge on any atom is -0.495 e. The van der Waals surface area contributed by atoms with E-state index < -0.39 is 0 Å². The molecule has 0 fully saturated rings. The molecule has 0 aliphatic carbocycles. The predicted octanol–water partition coefficient (Wildman–Crippen LogP) is 4.58. The molecule has 0 spiro atoms. The number of ether oxygens (including phenoxy) is 1. The van der Waals surface area contributed by atoms with E-state index in [1.807, 2.05) is 19.2 Å². The highest BCUT2D eigenvalue weighted by Crippen LogP contribution is 2.29. The van der Waals surface area contributed by atoms with Gasteiger partial charge in [-0.25, -0.2) is 0 Å². The summed E-state index contributed by atoms with van der Waals surface area (Å²) in [5.74, 6) is 0.753. The molecule has 1 rings (SSSR count). The van der Waals surface area contributed by atoms with Gasteiger partial charge in [-0.15, -0.1) is 0 Å². The van der Waals surface area contributed by atoms with Crippen LogP contribution < -0.4 is 10.1 Å². The van der Waals surface area contributed by atoms with E-state index in [9.17, 15) is 0 Å². The maximum Gasteiger partial charge on any atom is 0.137 e. The summed E-state index contributed by atoms with van der Waals surface area (Å²) in [6.45, 7) is 2.24. The molecule has 18 heavy (non-hydrogen) atoms. The van der Waals surface area contributed by atoms with Crippen molar-refractivity contribution in [3.8, 4) is 5.75 Å². The van der Waals surface area contributed by atoms with Crippen molar-refractivity contribution < 1.29 is 4.74 Å². The molecular weight excluding hydrogens is 246 g/mol. The zero-order valence-corrected chi connectivity index (χ0v) is 12.4. The fraction of sp³-hybridized carbons (Fsp3) is 0.600. The van der Waals surface area contributed by atoms with Crippen LogP contribution >= 0.6 is 11.6 Å². The minimum absolute atomic E-state index is 0.382. The maximum absolute atomic E-state index is 6.04. The molecule has 0 saturated carbocycles. The first-order valence-electron chi connectivity index (χ1n) is 6.73. The summed E-state index contributed by atoms with van der Waals surface area (Å²) >= 11 is 6.04. The van der Waals surface area contributed by atoms with Gasteiger partial charge in [0.1, 0.15) is 5.75 Å². The van der Waals surface area contributed by atoms with Gasteiger partial charge >= 0.3 is 0 Å². The third-order valence-electron chi connectivity index (χ3n) is 3.27. The fourth-order valence-electron chi connectivity index (χ4n) is 2.15. The Hall–Kier alpha value is -0.730. The monoisotopic (exact) mass is 269 g/mol. The quantitative estimate of drug-likeness (QED) is 0.698. The zero-order chi connectivity index (χ0) is 13.4. The SMILES string of the molecule is CCCCCCC(NC)c1ccc(Cl)c(OC)c1. The summed E-state index contributed by atoms with van der Waals surface area (Å²) in [5.41, 5.74) is 1.25. The Balaban J connectivity index is 2.63. The summed E-state index contributed by atoms with van der Waals surface area (Å²) in [6.07, 6.45) is 6.31. The molecule has 0 saturated heterocycles. The Morgan fingerprint density at radius 2 is 2.06 bits per heavy atom. The van der Waals surface area contributed by atoms with E-state index in [1.54, 1.807) is 7.11 Å². The van der Waals surface area contributed by atoms with Crippen LogP contribution in [-0.2, 0) is 0 Å². The molecule has 1 N–H and O–H groups in total. The van der Waals surface area contributed by atoms with Crippen molar-refractivity contribution in [2.75, 3.05) is 14.2 Å². The highest BCUT2D eigenvalue weighted by Gasteiger charge is 2.11. The number of methoxy groups -OCH3 is 1. The van der Waals surface area contributed by atoms with Crippen LogP contribution in [0, 0.1) is 0 Å². The summed E-state index contributed by atoms with van der Waals surface area (Å²) in [7, 11) is 3.66. The van der Waals surface area contributed by atoms with Gasteiger partial charge in [-0.3, -0.25) is 0 Å². The van der Waals surface area contributed by atoms with Crippen LogP contribution in [0.15, 0.2) is 18.2 Å². The van der Waals surface area contributed by atoms with E-state index >= 15 is 0 Å². The number of nitrogens with one attached hydrogen (secondary N) is 1. The summed E-state index contributed by atoms with van der Waals surface area (Å²) in [5, 5.41) is 4.04. The van der Waals surface area contributed by atoms with Crippen LogP contribution in [-0.4, -0.2) is 14.2 Å². The van der Waals surface area contributed by atoms with Crippen molar-refractivity contribution in [3.05, 3.63) is 28.8 Å². The van der Waals surface area contributed by atoms with Crippen LogP contribution in [0.1, 0.15) is 50.6 Å². The lowest BCUT2D eigenvalue weighted by molar-refractivity contribution is 0.412. The molecule has 1 aromatic rings. The normalized spacial score (nSPS) is 12.4. The molecule has 0 aliphatic rings. The molecule has 0 aromatic heterocycles. The average molecular weight is 270 g/mol. The Labute approximate surface area is 116 Å². The molecule has 0 heterocycles. The van der Waals surface area contributed by atoms with Gasteiger partial charge in [-0.2, -0.15) is 0 Å². The lowest BCUT2D eigenvalue weighted by Crippen LogP contribution is -2.16. The number of benzene rings is 1. The summed E-state index contributed by atoms with van der Waals surface area (Å²) in [6, 6.07) is 6.40. The van der Waals surface area contributed by atoms with Crippen LogP contribution in [0.4, 0.5) is 0 Å². The van der Waals surface area contributed by atoms with Gasteiger partial charge in [0.2, 0.25) is 0 Å². The first kappa shape index (κ1) is 15.3. The van der Waals surface area contributed by atoms with Crippen LogP contribution in [0.2, 0.25) is 5.02 Å². The Bertz CT molecular complexity index is 354. The Morgan fingerprint density at radius 1 is 1.28 bits per heavy atom. The molecule has 0 bridgehead atoms. The molecule has 1 aromatic carbocycles. The van der Waals surface area contributed by atoms with E-state index in [4.69, 9.17) is 16.3 Å². The molecule has 1 atom stereocenters. The summed E-state index contributed by atoms with van der Waals surface area (Å²) in [4.78, 5) is 0. The maximum atomic E-state index is 6.04. The number of hydrogen-bond donors (Lipinski definition) is 1. The minimum atomic E-state index is 0.382. The summed E-state index contributed by atoms with van der Waals surface area (Å²) < 4.78 is 5.26. The predicted molar refractivity (Wildman–Crippen MR) is 78.6 cm³/mol. The van der Waals surface area contributed by atoms with Crippen LogP contribution in [0.5, 0.6) is 5.75 Å². The van der Waals surface area contributed by atoms with Gasteiger partial charge in [-0.05, 0) is 31.2 Å². The zero-order valence-electron chi connectivity index (χ0n) is 11.6. The number of hydrogen-bond acceptors (Lipinski definition) is 2. The third kappa shape index (κ3) is 4.51. The van der Waals surface area contributed by atoms with Crippen molar-refractivity contribution in [1.82, 2.24) is 5.32 Å². The van der Waals surface area contributed by atoms with E-state index in [0.717, 1.165) is 12.2 Å². The molecule has 3 heteroatoms. The second kappa shape index (κ2) is 8.39. The largest absolute Gasteiger partial charge is 0.495 e. The van der Waals surface area contributed by atoms with Gasteiger partial charge in [0.05, 0.1) is 12.1 Å². The van der Waals surface area contributed by atoms with Gasteiger partial charge in [0.15, 0.2) is 0 Å². The second-order valence-electron chi connectivity index (χ2n) is 4.58. The van der Waals surface area contributed by atoms with Gasteiger partial charge in [0, 0.05) is 6.04 Å². The highest BCUT2D eigenvalue weighted by molar-refractivity contribution is 6.32. The van der Waals surface area contributed by atoms with E-state index in [2.05, 4.69) is 18.3 Å². The average Bonchev–Trinajstić information content (AvgIpc) is 2.40. The van der Waals surface area contributed by atoms with Crippen molar-refractivity contribution in [2.24, 2.45) is 0 Å². The Morgan fingerprint density at radius 3 is 2.67 bits per heavy atom. The molecule has 0 aliphatic heterocycles. The number of rotatable bonds is 8. The van der Waals surface area contributed by atoms with Gasteiger partial charge in [-0.1, -0.05) is 50.3 Å². The molecule has 0 amide bonds. The van der Waals surface area contributed by atoms with Crippen molar-refractivity contribution in [3.63, 3.8) is 0 Å². The topological polar surface area (TPSA) is 21.3 Å². The van der Waals surface area contributed by atoms with Crippen molar-refractivity contribution in [2.45, 2.75) is 45.1 Å². The smallest absolute Gasteiger partial charge is 0.137 e. The van der Waals surface area contributed by atoms with Gasteiger partial charge < -0.3 is 10.1 Å². The highest BCUT2D eigenvalue weighted by atomic mass is 35.5. The van der Waals surface area contributed by atoms with Crippen LogP contribution in [0.3, 0.4) is 0 Å².